The molecule has 1 amide bonds. The Balaban J connectivity index is 2.48. The van der Waals surface area contributed by atoms with Crippen LogP contribution in [0.2, 0.25) is 0 Å². The molecule has 19 heavy (non-hydrogen) atoms. The average Bonchev–Trinajstić information content (AvgIpc) is 2.35. The lowest BCUT2D eigenvalue weighted by molar-refractivity contribution is -0.146. The molecule has 1 fully saturated rings. The third-order valence-electron chi connectivity index (χ3n) is 3.46. The number of hydrogen-bond donors (Lipinski definition) is 2. The zero-order chi connectivity index (χ0) is 14.3. The van der Waals surface area contributed by atoms with Gasteiger partial charge in [0.15, 0.2) is 0 Å². The molecule has 0 aromatic rings. The number of amides is 1. The van der Waals surface area contributed by atoms with E-state index in [9.17, 15) is 14.4 Å². The van der Waals surface area contributed by atoms with E-state index in [2.05, 4.69) is 0 Å². The van der Waals surface area contributed by atoms with Gasteiger partial charge in [-0.1, -0.05) is 19.3 Å². The minimum atomic E-state index is -1.11. The molecule has 0 heterocycles. The molecule has 1 aliphatic carbocycles. The van der Waals surface area contributed by atoms with Crippen molar-refractivity contribution >= 4 is 17.8 Å². The lowest BCUT2D eigenvalue weighted by atomic mass is 9.86. The molecule has 6 heteroatoms. The van der Waals surface area contributed by atoms with Gasteiger partial charge in [-0.2, -0.15) is 0 Å². The first-order valence-electron chi connectivity index (χ1n) is 6.70. The van der Waals surface area contributed by atoms with Gasteiger partial charge in [0.2, 0.25) is 5.91 Å². The normalized spacial score (nSPS) is 16.0. The van der Waals surface area contributed by atoms with E-state index in [1.165, 1.54) is 6.42 Å². The van der Waals surface area contributed by atoms with Crippen LogP contribution < -0.4 is 0 Å². The first-order valence-corrected chi connectivity index (χ1v) is 6.70. The van der Waals surface area contributed by atoms with Gasteiger partial charge < -0.3 is 15.1 Å². The highest BCUT2D eigenvalue weighted by Crippen LogP contribution is 2.26. The van der Waals surface area contributed by atoms with Crippen molar-refractivity contribution in [3.63, 3.8) is 0 Å². The van der Waals surface area contributed by atoms with E-state index < -0.39 is 18.5 Å². The predicted octanol–water partition coefficient (Wildman–Crippen LogP) is 1.34. The molecule has 0 atom stereocenters. The van der Waals surface area contributed by atoms with Gasteiger partial charge in [0.25, 0.3) is 0 Å². The molecule has 108 valence electrons. The molecule has 0 aliphatic heterocycles. The summed E-state index contributed by atoms with van der Waals surface area (Å²) in [6, 6.07) is 0. The fourth-order valence-electron chi connectivity index (χ4n) is 2.45. The van der Waals surface area contributed by atoms with Crippen LogP contribution in [-0.2, 0) is 14.4 Å². The number of carboxylic acids is 2. The van der Waals surface area contributed by atoms with Crippen LogP contribution in [0.5, 0.6) is 0 Å². The highest BCUT2D eigenvalue weighted by atomic mass is 16.4. The summed E-state index contributed by atoms with van der Waals surface area (Å²) in [6.07, 6.45) is 5.56. The Morgan fingerprint density at radius 3 is 2.16 bits per heavy atom. The van der Waals surface area contributed by atoms with E-state index in [4.69, 9.17) is 10.2 Å². The Labute approximate surface area is 112 Å². The van der Waals surface area contributed by atoms with Crippen molar-refractivity contribution in [2.45, 2.75) is 44.9 Å². The number of carbonyl (C=O) groups excluding carboxylic acids is 1. The maximum absolute atomic E-state index is 12.0. The van der Waals surface area contributed by atoms with Crippen molar-refractivity contribution in [1.82, 2.24) is 4.90 Å². The highest BCUT2D eigenvalue weighted by molar-refractivity contribution is 5.82. The number of nitrogens with zero attached hydrogens (tertiary/aromatic N) is 1. The quantitative estimate of drug-likeness (QED) is 0.728. The van der Waals surface area contributed by atoms with E-state index in [0.29, 0.717) is 12.3 Å². The molecule has 1 saturated carbocycles. The highest BCUT2D eigenvalue weighted by Gasteiger charge is 2.22. The van der Waals surface area contributed by atoms with E-state index in [1.54, 1.807) is 0 Å². The maximum atomic E-state index is 12.0. The predicted molar refractivity (Wildman–Crippen MR) is 67.7 cm³/mol. The van der Waals surface area contributed by atoms with Crippen LogP contribution in [-0.4, -0.2) is 46.0 Å². The van der Waals surface area contributed by atoms with Crippen LogP contribution in [0.15, 0.2) is 0 Å². The first kappa shape index (κ1) is 15.5. The third kappa shape index (κ3) is 6.22. The van der Waals surface area contributed by atoms with Crippen LogP contribution >= 0.6 is 0 Å². The molecule has 1 aliphatic rings. The summed E-state index contributed by atoms with van der Waals surface area (Å²) < 4.78 is 0. The van der Waals surface area contributed by atoms with Crippen LogP contribution in [0.25, 0.3) is 0 Å². The van der Waals surface area contributed by atoms with Crippen molar-refractivity contribution < 1.29 is 24.6 Å². The second-order valence-electron chi connectivity index (χ2n) is 5.06. The Morgan fingerprint density at radius 2 is 1.63 bits per heavy atom. The molecule has 0 radical (unpaired) electrons. The molecule has 2 N–H and O–H groups in total. The summed E-state index contributed by atoms with van der Waals surface area (Å²) in [5.74, 6) is -2.05. The summed E-state index contributed by atoms with van der Waals surface area (Å²) in [5, 5.41) is 17.4. The van der Waals surface area contributed by atoms with Crippen molar-refractivity contribution in [3.8, 4) is 0 Å². The smallest absolute Gasteiger partial charge is 0.323 e. The molecular weight excluding hydrogens is 250 g/mol. The summed E-state index contributed by atoms with van der Waals surface area (Å²) in [4.78, 5) is 34.4. The number of carbonyl (C=O) groups is 3. The van der Waals surface area contributed by atoms with Crippen LogP contribution in [0.1, 0.15) is 44.9 Å². The van der Waals surface area contributed by atoms with Gasteiger partial charge in [-0.3, -0.25) is 14.4 Å². The van der Waals surface area contributed by atoms with E-state index in [0.717, 1.165) is 30.6 Å². The van der Waals surface area contributed by atoms with Crippen molar-refractivity contribution in [2.24, 2.45) is 5.92 Å². The lowest BCUT2D eigenvalue weighted by Crippen LogP contribution is -2.38. The third-order valence-corrected chi connectivity index (χ3v) is 3.46. The SMILES string of the molecule is O=C(O)CCN(CC(=O)O)C(=O)CC1CCCCC1. The molecule has 0 aromatic carbocycles. The van der Waals surface area contributed by atoms with Crippen LogP contribution in [0.3, 0.4) is 0 Å². The second kappa shape index (κ2) is 7.76. The maximum Gasteiger partial charge on any atom is 0.323 e. The number of aliphatic carboxylic acids is 2. The summed E-state index contributed by atoms with van der Waals surface area (Å²) >= 11 is 0. The molecular formula is C13H21NO5. The summed E-state index contributed by atoms with van der Waals surface area (Å²) in [7, 11) is 0. The van der Waals surface area contributed by atoms with E-state index in [-0.39, 0.29) is 18.9 Å². The molecule has 0 spiro atoms. The molecule has 0 aromatic heterocycles. The Kier molecular flexibility index (Phi) is 6.32. The summed E-state index contributed by atoms with van der Waals surface area (Å²) in [5.41, 5.74) is 0. The minimum Gasteiger partial charge on any atom is -0.481 e. The second-order valence-corrected chi connectivity index (χ2v) is 5.06. The number of rotatable bonds is 7. The molecule has 0 unspecified atom stereocenters. The minimum absolute atomic E-state index is 0.0345. The van der Waals surface area contributed by atoms with Gasteiger partial charge in [0.05, 0.1) is 6.42 Å². The standard InChI is InChI=1S/C13H21NO5/c15-11(8-10-4-2-1-3-5-10)14(9-13(18)19)7-6-12(16)17/h10H,1-9H2,(H,16,17)(H,18,19). The topological polar surface area (TPSA) is 94.9 Å². The van der Waals surface area contributed by atoms with E-state index >= 15 is 0 Å². The Morgan fingerprint density at radius 1 is 1.00 bits per heavy atom. The molecule has 6 nitrogen and oxygen atoms in total. The lowest BCUT2D eigenvalue weighted by Gasteiger charge is -2.25. The van der Waals surface area contributed by atoms with E-state index in [1.807, 2.05) is 0 Å². The van der Waals surface area contributed by atoms with Crippen molar-refractivity contribution in [1.29, 1.82) is 0 Å². The van der Waals surface area contributed by atoms with Gasteiger partial charge in [-0.05, 0) is 18.8 Å². The fraction of sp³-hybridized carbons (Fsp3) is 0.769. The Hall–Kier alpha value is -1.59. The van der Waals surface area contributed by atoms with Gasteiger partial charge in [0.1, 0.15) is 6.54 Å². The Bertz CT molecular complexity index is 336. The monoisotopic (exact) mass is 271 g/mol. The molecule has 0 saturated heterocycles. The van der Waals surface area contributed by atoms with Gasteiger partial charge in [-0.15, -0.1) is 0 Å². The van der Waals surface area contributed by atoms with Crippen molar-refractivity contribution in [3.05, 3.63) is 0 Å². The van der Waals surface area contributed by atoms with Crippen LogP contribution in [0, 0.1) is 5.92 Å². The van der Waals surface area contributed by atoms with Crippen LogP contribution in [0.4, 0.5) is 0 Å². The number of hydrogen-bond acceptors (Lipinski definition) is 3. The summed E-state index contributed by atoms with van der Waals surface area (Å²) in [6.45, 7) is -0.452. The van der Waals surface area contributed by atoms with Gasteiger partial charge in [0, 0.05) is 13.0 Å². The zero-order valence-electron chi connectivity index (χ0n) is 11.0. The average molecular weight is 271 g/mol. The fourth-order valence-corrected chi connectivity index (χ4v) is 2.45. The largest absolute Gasteiger partial charge is 0.481 e. The van der Waals surface area contributed by atoms with Crippen molar-refractivity contribution in [2.75, 3.05) is 13.1 Å². The zero-order valence-corrected chi connectivity index (χ0v) is 11.0. The number of carboxylic acid groups (broad SMARTS) is 2. The molecule has 0 bridgehead atoms. The molecule has 1 rings (SSSR count). The van der Waals surface area contributed by atoms with Gasteiger partial charge >= 0.3 is 11.9 Å². The van der Waals surface area contributed by atoms with Gasteiger partial charge in [-0.25, -0.2) is 0 Å². The first-order chi connectivity index (χ1) is 8.99.